The van der Waals surface area contributed by atoms with Crippen LogP contribution in [0.5, 0.6) is 5.75 Å². The first-order valence-corrected chi connectivity index (χ1v) is 7.38. The first-order chi connectivity index (χ1) is 10.7. The zero-order chi connectivity index (χ0) is 15.5. The molecule has 0 spiro atoms. The second kappa shape index (κ2) is 6.15. The van der Waals surface area contributed by atoms with Crippen LogP contribution in [0.1, 0.15) is 32.0 Å². The molecule has 0 radical (unpaired) electrons. The minimum Gasteiger partial charge on any atom is -0.494 e. The van der Waals surface area contributed by atoms with E-state index >= 15 is 0 Å². The lowest BCUT2D eigenvalue weighted by Crippen LogP contribution is -2.17. The molecule has 0 atom stereocenters. The van der Waals surface area contributed by atoms with E-state index in [4.69, 9.17) is 9.84 Å². The molecule has 0 saturated heterocycles. The number of hydrogen-bond donors (Lipinski definition) is 2. The quantitative estimate of drug-likeness (QED) is 0.675. The normalized spacial score (nSPS) is 11.4. The van der Waals surface area contributed by atoms with Crippen LogP contribution in [-0.4, -0.2) is 31.3 Å². The van der Waals surface area contributed by atoms with Crippen LogP contribution < -0.4 is 10.4 Å². The maximum atomic E-state index is 11.9. The fourth-order valence-corrected chi connectivity index (χ4v) is 2.36. The Morgan fingerprint density at radius 3 is 3.00 bits per heavy atom. The number of H-pyrrole nitrogens is 1. The average molecular weight is 302 g/mol. The van der Waals surface area contributed by atoms with Crippen LogP contribution in [0.3, 0.4) is 0 Å². The highest BCUT2D eigenvalue weighted by atomic mass is 16.5. The fraction of sp³-hybridized carbons (Fsp3) is 0.400. The van der Waals surface area contributed by atoms with E-state index in [0.29, 0.717) is 17.8 Å². The number of benzene rings is 1. The van der Waals surface area contributed by atoms with Gasteiger partial charge in [0.05, 0.1) is 12.1 Å². The monoisotopic (exact) mass is 302 g/mol. The Balaban J connectivity index is 2.02. The second-order valence-electron chi connectivity index (χ2n) is 5.11. The van der Waals surface area contributed by atoms with Gasteiger partial charge in [-0.2, -0.15) is 4.52 Å². The number of fused-ring (bicyclic) bond motifs is 3. The molecule has 7 nitrogen and oxygen atoms in total. The van der Waals surface area contributed by atoms with Crippen molar-refractivity contribution in [3.05, 3.63) is 34.5 Å². The van der Waals surface area contributed by atoms with Gasteiger partial charge in [-0.05, 0) is 24.6 Å². The van der Waals surface area contributed by atoms with Gasteiger partial charge in [0.1, 0.15) is 12.4 Å². The number of nitrogens with zero attached hydrogens (tertiary/aromatic N) is 3. The van der Waals surface area contributed by atoms with Crippen molar-refractivity contribution >= 4 is 16.6 Å². The van der Waals surface area contributed by atoms with Crippen molar-refractivity contribution in [2.75, 3.05) is 6.61 Å². The van der Waals surface area contributed by atoms with E-state index in [1.165, 1.54) is 0 Å². The highest BCUT2D eigenvalue weighted by Crippen LogP contribution is 2.22. The highest BCUT2D eigenvalue weighted by Gasteiger charge is 2.11. The zero-order valence-corrected chi connectivity index (χ0v) is 12.4. The predicted octanol–water partition coefficient (Wildman–Crippen LogP) is 1.63. The SMILES string of the molecule is CCCCCOc1ccc2[nH]c(=O)n3nc(CO)nc3c2c1. The smallest absolute Gasteiger partial charge is 0.348 e. The Kier molecular flexibility index (Phi) is 4.06. The van der Waals surface area contributed by atoms with Gasteiger partial charge in [0, 0.05) is 5.39 Å². The molecule has 0 amide bonds. The van der Waals surface area contributed by atoms with Crippen LogP contribution in [-0.2, 0) is 6.61 Å². The van der Waals surface area contributed by atoms with Gasteiger partial charge in [-0.3, -0.25) is 0 Å². The van der Waals surface area contributed by atoms with Crippen molar-refractivity contribution in [3.63, 3.8) is 0 Å². The average Bonchev–Trinajstić information content (AvgIpc) is 2.97. The summed E-state index contributed by atoms with van der Waals surface area (Å²) in [6.07, 6.45) is 3.29. The highest BCUT2D eigenvalue weighted by molar-refractivity contribution is 5.91. The predicted molar refractivity (Wildman–Crippen MR) is 82.1 cm³/mol. The third-order valence-electron chi connectivity index (χ3n) is 3.47. The van der Waals surface area contributed by atoms with Crippen LogP contribution in [0.25, 0.3) is 16.6 Å². The lowest BCUT2D eigenvalue weighted by atomic mass is 10.2. The van der Waals surface area contributed by atoms with Gasteiger partial charge in [0.15, 0.2) is 11.5 Å². The van der Waals surface area contributed by atoms with Gasteiger partial charge >= 0.3 is 5.69 Å². The standard InChI is InChI=1S/C15H18N4O3/c1-2-3-4-7-22-10-5-6-12-11(8-10)14-17-13(9-20)18-19(14)15(21)16-12/h5-6,8,20H,2-4,7,9H2,1H3,(H,16,21). The molecule has 0 unspecified atom stereocenters. The summed E-state index contributed by atoms with van der Waals surface area (Å²) >= 11 is 0. The molecule has 3 aromatic rings. The Morgan fingerprint density at radius 1 is 1.36 bits per heavy atom. The van der Waals surface area contributed by atoms with Crippen molar-refractivity contribution in [1.29, 1.82) is 0 Å². The van der Waals surface area contributed by atoms with Crippen molar-refractivity contribution in [2.24, 2.45) is 0 Å². The summed E-state index contributed by atoms with van der Waals surface area (Å²) in [5, 5.41) is 13.9. The van der Waals surface area contributed by atoms with Crippen molar-refractivity contribution in [1.82, 2.24) is 19.6 Å². The van der Waals surface area contributed by atoms with E-state index in [1.807, 2.05) is 12.1 Å². The summed E-state index contributed by atoms with van der Waals surface area (Å²) < 4.78 is 6.89. The molecule has 0 bridgehead atoms. The molecule has 0 fully saturated rings. The van der Waals surface area contributed by atoms with Gasteiger partial charge in [0.2, 0.25) is 0 Å². The van der Waals surface area contributed by atoms with E-state index in [2.05, 4.69) is 22.0 Å². The summed E-state index contributed by atoms with van der Waals surface area (Å²) in [5.41, 5.74) is 0.698. The number of nitrogens with one attached hydrogen (secondary N) is 1. The molecule has 2 N–H and O–H groups in total. The summed E-state index contributed by atoms with van der Waals surface area (Å²) in [6, 6.07) is 5.45. The molecule has 1 aromatic carbocycles. The number of rotatable bonds is 6. The third-order valence-corrected chi connectivity index (χ3v) is 3.47. The molecule has 116 valence electrons. The molecule has 3 rings (SSSR count). The zero-order valence-electron chi connectivity index (χ0n) is 12.4. The van der Waals surface area contributed by atoms with Crippen LogP contribution in [0.15, 0.2) is 23.0 Å². The number of aromatic nitrogens is 4. The molecular weight excluding hydrogens is 284 g/mol. The third kappa shape index (κ3) is 2.67. The topological polar surface area (TPSA) is 92.5 Å². The molecular formula is C15H18N4O3. The van der Waals surface area contributed by atoms with Gasteiger partial charge in [-0.1, -0.05) is 19.8 Å². The van der Waals surface area contributed by atoms with E-state index < -0.39 is 0 Å². The van der Waals surface area contributed by atoms with Gasteiger partial charge in [-0.25, -0.2) is 9.78 Å². The molecule has 2 aromatic heterocycles. The van der Waals surface area contributed by atoms with Gasteiger partial charge < -0.3 is 14.8 Å². The number of aliphatic hydroxyl groups is 1. The molecule has 0 aliphatic carbocycles. The Labute approximate surface area is 126 Å². The molecule has 0 aliphatic heterocycles. The Bertz CT molecular complexity index is 853. The van der Waals surface area contributed by atoms with Gasteiger partial charge in [0.25, 0.3) is 0 Å². The van der Waals surface area contributed by atoms with E-state index in [1.54, 1.807) is 6.07 Å². The fourth-order valence-electron chi connectivity index (χ4n) is 2.36. The van der Waals surface area contributed by atoms with Crippen LogP contribution >= 0.6 is 0 Å². The van der Waals surface area contributed by atoms with Crippen molar-refractivity contribution in [3.8, 4) is 5.75 Å². The maximum absolute atomic E-state index is 11.9. The van der Waals surface area contributed by atoms with E-state index in [0.717, 1.165) is 34.9 Å². The summed E-state index contributed by atoms with van der Waals surface area (Å²) in [6.45, 7) is 2.50. The first kappa shape index (κ1) is 14.5. The first-order valence-electron chi connectivity index (χ1n) is 7.38. The number of unbranched alkanes of at least 4 members (excludes halogenated alkanes) is 2. The minimum atomic E-state index is -0.383. The number of aromatic amines is 1. The maximum Gasteiger partial charge on any atom is 0.348 e. The molecule has 22 heavy (non-hydrogen) atoms. The van der Waals surface area contributed by atoms with E-state index in [-0.39, 0.29) is 18.1 Å². The van der Waals surface area contributed by atoms with Crippen molar-refractivity contribution < 1.29 is 9.84 Å². The Morgan fingerprint density at radius 2 is 2.23 bits per heavy atom. The van der Waals surface area contributed by atoms with Gasteiger partial charge in [-0.15, -0.1) is 5.10 Å². The number of aliphatic hydroxyl groups excluding tert-OH is 1. The molecule has 0 aliphatic rings. The van der Waals surface area contributed by atoms with Crippen LogP contribution in [0.4, 0.5) is 0 Å². The molecule has 7 heteroatoms. The second-order valence-corrected chi connectivity index (χ2v) is 5.11. The minimum absolute atomic E-state index is 0.215. The number of hydrogen-bond acceptors (Lipinski definition) is 5. The summed E-state index contributed by atoms with van der Waals surface area (Å²) in [7, 11) is 0. The van der Waals surface area contributed by atoms with Crippen LogP contribution in [0, 0.1) is 0 Å². The molecule has 2 heterocycles. The summed E-state index contributed by atoms with van der Waals surface area (Å²) in [4.78, 5) is 18.9. The Hall–Kier alpha value is -2.41. The lowest BCUT2D eigenvalue weighted by molar-refractivity contribution is 0.271. The van der Waals surface area contributed by atoms with Crippen LogP contribution in [0.2, 0.25) is 0 Å². The van der Waals surface area contributed by atoms with E-state index in [9.17, 15) is 4.79 Å². The lowest BCUT2D eigenvalue weighted by Gasteiger charge is -2.07. The largest absolute Gasteiger partial charge is 0.494 e. The summed E-state index contributed by atoms with van der Waals surface area (Å²) in [5.74, 6) is 0.943. The van der Waals surface area contributed by atoms with Crippen molar-refractivity contribution in [2.45, 2.75) is 32.8 Å². The number of ether oxygens (including phenoxy) is 1. The molecule has 0 saturated carbocycles.